The van der Waals surface area contributed by atoms with Gasteiger partial charge in [0.25, 0.3) is 5.89 Å². The molecule has 0 spiro atoms. The van der Waals surface area contributed by atoms with E-state index in [0.29, 0.717) is 11.4 Å². The van der Waals surface area contributed by atoms with E-state index in [1.807, 2.05) is 0 Å². The average molecular weight is 243 g/mol. The Morgan fingerprint density at radius 1 is 1.50 bits per heavy atom. The molecule has 0 unspecified atom stereocenters. The molecule has 6 heteroatoms. The maximum absolute atomic E-state index is 13.4. The molecule has 4 nitrogen and oxygen atoms in total. The summed E-state index contributed by atoms with van der Waals surface area (Å²) in [6.07, 6.45) is 0. The van der Waals surface area contributed by atoms with Crippen LogP contribution in [-0.2, 0) is 5.88 Å². The van der Waals surface area contributed by atoms with Crippen molar-refractivity contribution in [1.82, 2.24) is 10.1 Å². The predicted octanol–water partition coefficient (Wildman–Crippen LogP) is 2.62. The van der Waals surface area contributed by atoms with Crippen LogP contribution in [-0.4, -0.2) is 17.3 Å². The van der Waals surface area contributed by atoms with Crippen molar-refractivity contribution in [2.75, 3.05) is 7.11 Å². The molecule has 0 fully saturated rings. The molecule has 2 rings (SSSR count). The molecule has 0 radical (unpaired) electrons. The number of benzene rings is 1. The van der Waals surface area contributed by atoms with Gasteiger partial charge in [-0.3, -0.25) is 0 Å². The number of rotatable bonds is 3. The van der Waals surface area contributed by atoms with Gasteiger partial charge in [-0.2, -0.15) is 4.98 Å². The number of nitrogens with zero attached hydrogens (tertiary/aromatic N) is 2. The topological polar surface area (TPSA) is 48.2 Å². The number of halogens is 2. The molecule has 0 aliphatic heterocycles. The Labute approximate surface area is 96.0 Å². The smallest absolute Gasteiger partial charge is 0.258 e. The molecular weight excluding hydrogens is 235 g/mol. The Kier molecular flexibility index (Phi) is 3.05. The summed E-state index contributed by atoms with van der Waals surface area (Å²) < 4.78 is 23.1. The fourth-order valence-corrected chi connectivity index (χ4v) is 1.33. The highest BCUT2D eigenvalue weighted by Crippen LogP contribution is 2.24. The summed E-state index contributed by atoms with van der Waals surface area (Å²) in [4.78, 5) is 3.98. The van der Waals surface area contributed by atoms with Crippen LogP contribution in [0.3, 0.4) is 0 Å². The van der Waals surface area contributed by atoms with E-state index >= 15 is 0 Å². The molecule has 16 heavy (non-hydrogen) atoms. The fraction of sp³-hybridized carbons (Fsp3) is 0.200. The summed E-state index contributed by atoms with van der Waals surface area (Å²) in [6, 6.07) is 4.40. The predicted molar refractivity (Wildman–Crippen MR) is 55.8 cm³/mol. The number of aromatic nitrogens is 2. The third-order valence-corrected chi connectivity index (χ3v) is 2.23. The van der Waals surface area contributed by atoms with Crippen molar-refractivity contribution in [2.24, 2.45) is 0 Å². The molecule has 0 bridgehead atoms. The summed E-state index contributed by atoms with van der Waals surface area (Å²) in [5.41, 5.74) is 0.488. The van der Waals surface area contributed by atoms with E-state index < -0.39 is 5.82 Å². The van der Waals surface area contributed by atoms with Crippen molar-refractivity contribution < 1.29 is 13.7 Å². The zero-order valence-electron chi connectivity index (χ0n) is 8.41. The van der Waals surface area contributed by atoms with E-state index in [-0.39, 0.29) is 17.5 Å². The van der Waals surface area contributed by atoms with E-state index in [4.69, 9.17) is 20.9 Å². The Morgan fingerprint density at radius 3 is 2.88 bits per heavy atom. The highest BCUT2D eigenvalue weighted by Gasteiger charge is 2.11. The molecule has 1 heterocycles. The van der Waals surface area contributed by atoms with E-state index in [0.717, 1.165) is 0 Å². The van der Waals surface area contributed by atoms with Crippen LogP contribution >= 0.6 is 11.6 Å². The normalized spacial score (nSPS) is 10.4. The second-order valence-corrected chi connectivity index (χ2v) is 3.27. The monoisotopic (exact) mass is 242 g/mol. The second kappa shape index (κ2) is 4.49. The highest BCUT2D eigenvalue weighted by molar-refractivity contribution is 6.16. The Morgan fingerprint density at radius 2 is 2.31 bits per heavy atom. The van der Waals surface area contributed by atoms with Crippen LogP contribution < -0.4 is 4.74 Å². The molecule has 84 valence electrons. The van der Waals surface area contributed by atoms with E-state index in [2.05, 4.69) is 10.1 Å². The Balaban J connectivity index is 2.37. The molecule has 0 saturated carbocycles. The Bertz CT molecular complexity index is 501. The summed E-state index contributed by atoms with van der Waals surface area (Å²) in [5, 5.41) is 3.61. The first-order chi connectivity index (χ1) is 7.74. The van der Waals surface area contributed by atoms with Crippen molar-refractivity contribution in [3.05, 3.63) is 29.8 Å². The van der Waals surface area contributed by atoms with Crippen LogP contribution in [0.5, 0.6) is 5.75 Å². The first-order valence-electron chi connectivity index (χ1n) is 4.47. The van der Waals surface area contributed by atoms with Crippen LogP contribution in [0.2, 0.25) is 0 Å². The zero-order valence-corrected chi connectivity index (χ0v) is 9.16. The van der Waals surface area contributed by atoms with Gasteiger partial charge in [-0.1, -0.05) is 5.16 Å². The van der Waals surface area contributed by atoms with Crippen molar-refractivity contribution in [3.8, 4) is 17.2 Å². The van der Waals surface area contributed by atoms with Gasteiger partial charge >= 0.3 is 0 Å². The molecule has 1 aromatic carbocycles. The first-order valence-corrected chi connectivity index (χ1v) is 5.00. The van der Waals surface area contributed by atoms with Gasteiger partial charge in [0.2, 0.25) is 0 Å². The lowest BCUT2D eigenvalue weighted by Crippen LogP contribution is -1.88. The summed E-state index contributed by atoms with van der Waals surface area (Å²) in [5.74, 6) is 0.443. The van der Waals surface area contributed by atoms with Gasteiger partial charge < -0.3 is 9.26 Å². The van der Waals surface area contributed by atoms with Crippen molar-refractivity contribution >= 4 is 11.6 Å². The quantitative estimate of drug-likeness (QED) is 0.777. The first kappa shape index (κ1) is 10.9. The number of alkyl halides is 1. The number of hydrogen-bond acceptors (Lipinski definition) is 4. The van der Waals surface area contributed by atoms with Gasteiger partial charge in [0, 0.05) is 5.56 Å². The van der Waals surface area contributed by atoms with Gasteiger partial charge in [0.1, 0.15) is 0 Å². The van der Waals surface area contributed by atoms with Gasteiger partial charge in [-0.05, 0) is 18.2 Å². The van der Waals surface area contributed by atoms with Crippen LogP contribution in [0.4, 0.5) is 4.39 Å². The summed E-state index contributed by atoms with van der Waals surface area (Å²) in [7, 11) is 1.40. The lowest BCUT2D eigenvalue weighted by atomic mass is 10.2. The largest absolute Gasteiger partial charge is 0.494 e. The van der Waals surface area contributed by atoms with Crippen LogP contribution in [0.15, 0.2) is 22.7 Å². The minimum Gasteiger partial charge on any atom is -0.494 e. The van der Waals surface area contributed by atoms with Gasteiger partial charge in [0.05, 0.1) is 13.0 Å². The third kappa shape index (κ3) is 1.99. The second-order valence-electron chi connectivity index (χ2n) is 3.00. The maximum Gasteiger partial charge on any atom is 0.258 e. The summed E-state index contributed by atoms with van der Waals surface area (Å²) >= 11 is 5.53. The van der Waals surface area contributed by atoms with Gasteiger partial charge in [-0.15, -0.1) is 11.6 Å². The molecule has 0 aliphatic carbocycles. The van der Waals surface area contributed by atoms with Crippen LogP contribution in [0.25, 0.3) is 11.5 Å². The zero-order chi connectivity index (χ0) is 11.5. The Hall–Kier alpha value is -1.62. The number of hydrogen-bond donors (Lipinski definition) is 0. The van der Waals surface area contributed by atoms with E-state index in [9.17, 15) is 4.39 Å². The van der Waals surface area contributed by atoms with Crippen molar-refractivity contribution in [1.29, 1.82) is 0 Å². The van der Waals surface area contributed by atoms with Crippen LogP contribution in [0, 0.1) is 5.82 Å². The van der Waals surface area contributed by atoms with E-state index in [1.54, 1.807) is 6.07 Å². The molecule has 0 N–H and O–H groups in total. The molecule has 0 amide bonds. The van der Waals surface area contributed by atoms with Crippen molar-refractivity contribution in [3.63, 3.8) is 0 Å². The molecule has 2 aromatic rings. The molecular formula is C10H8ClFN2O2. The lowest BCUT2D eigenvalue weighted by molar-refractivity contribution is 0.386. The average Bonchev–Trinajstić information content (AvgIpc) is 2.77. The lowest BCUT2D eigenvalue weighted by Gasteiger charge is -2.01. The molecule has 0 saturated heterocycles. The van der Waals surface area contributed by atoms with Gasteiger partial charge in [-0.25, -0.2) is 4.39 Å². The van der Waals surface area contributed by atoms with Gasteiger partial charge in [0.15, 0.2) is 17.4 Å². The van der Waals surface area contributed by atoms with E-state index in [1.165, 1.54) is 19.2 Å². The van der Waals surface area contributed by atoms with Crippen LogP contribution in [0.1, 0.15) is 5.82 Å². The molecule has 0 aliphatic rings. The fourth-order valence-electron chi connectivity index (χ4n) is 1.22. The number of ether oxygens (including phenoxy) is 1. The SMILES string of the molecule is COc1ccc(-c2nc(CCl)no2)cc1F. The highest BCUT2D eigenvalue weighted by atomic mass is 35.5. The number of methoxy groups -OCH3 is 1. The summed E-state index contributed by atoms with van der Waals surface area (Å²) in [6.45, 7) is 0. The molecule has 0 atom stereocenters. The molecule has 1 aromatic heterocycles. The van der Waals surface area contributed by atoms with Crippen molar-refractivity contribution in [2.45, 2.75) is 5.88 Å². The minimum absolute atomic E-state index is 0.155. The maximum atomic E-state index is 13.4. The third-order valence-electron chi connectivity index (χ3n) is 1.99. The standard InChI is InChI=1S/C10H8ClFN2O2/c1-15-8-3-2-6(4-7(8)12)10-13-9(5-11)14-16-10/h2-4H,5H2,1H3. The minimum atomic E-state index is -0.481.